The molecule has 1 nitrogen and oxygen atoms in total. The van der Waals surface area contributed by atoms with Gasteiger partial charge in [-0.2, -0.15) is 0 Å². The van der Waals surface area contributed by atoms with E-state index in [9.17, 15) is 8.78 Å². The van der Waals surface area contributed by atoms with E-state index >= 15 is 0 Å². The Labute approximate surface area is 129 Å². The van der Waals surface area contributed by atoms with Gasteiger partial charge in [0.05, 0.1) is 11.6 Å². The molecule has 0 saturated heterocycles. The number of methoxy groups -OCH3 is 1. The minimum absolute atomic E-state index is 0.217. The fraction of sp³-hybridized carbons (Fsp3) is 0.0588. The zero-order chi connectivity index (χ0) is 15.0. The fourth-order valence-corrected chi connectivity index (χ4v) is 2.76. The minimum atomic E-state index is -0.629. The highest BCUT2D eigenvalue weighted by Gasteiger charge is 2.16. The van der Waals surface area contributed by atoms with Crippen molar-refractivity contribution in [1.82, 2.24) is 0 Å². The molecule has 4 heteroatoms. The number of hydrogen-bond acceptors (Lipinski definition) is 1. The first kappa shape index (κ1) is 14.0. The van der Waals surface area contributed by atoms with Crippen molar-refractivity contribution in [2.75, 3.05) is 7.11 Å². The highest BCUT2D eigenvalue weighted by Crippen LogP contribution is 2.39. The number of benzene rings is 3. The molecule has 3 aromatic carbocycles. The molecule has 0 aliphatic rings. The molecule has 0 aliphatic carbocycles. The van der Waals surface area contributed by atoms with E-state index in [1.54, 1.807) is 6.07 Å². The molecule has 0 atom stereocenters. The third kappa shape index (κ3) is 2.40. The smallest absolute Gasteiger partial charge is 0.140 e. The topological polar surface area (TPSA) is 9.23 Å². The summed E-state index contributed by atoms with van der Waals surface area (Å²) in [5, 5.41) is 1.82. The predicted octanol–water partition coefficient (Wildman–Crippen LogP) is 5.56. The maximum absolute atomic E-state index is 14.2. The van der Waals surface area contributed by atoms with Crippen molar-refractivity contribution in [1.29, 1.82) is 0 Å². The maximum Gasteiger partial charge on any atom is 0.140 e. The average Bonchev–Trinajstić information content (AvgIpc) is 2.50. The first-order valence-electron chi connectivity index (χ1n) is 6.32. The number of ether oxygens (including phenoxy) is 1. The van der Waals surface area contributed by atoms with E-state index in [-0.39, 0.29) is 4.47 Å². The summed E-state index contributed by atoms with van der Waals surface area (Å²) < 4.78 is 33.3. The first-order valence-corrected chi connectivity index (χ1v) is 7.12. The summed E-state index contributed by atoms with van der Waals surface area (Å²) in [4.78, 5) is 0. The molecule has 0 spiro atoms. The minimum Gasteiger partial charge on any atom is -0.496 e. The van der Waals surface area contributed by atoms with E-state index in [4.69, 9.17) is 4.74 Å². The van der Waals surface area contributed by atoms with E-state index < -0.39 is 11.6 Å². The first-order chi connectivity index (χ1) is 10.1. The van der Waals surface area contributed by atoms with Gasteiger partial charge in [0, 0.05) is 17.2 Å². The molecule has 0 bridgehead atoms. The van der Waals surface area contributed by atoms with Crippen LogP contribution in [0.5, 0.6) is 5.75 Å². The molecule has 0 aliphatic heterocycles. The van der Waals surface area contributed by atoms with Crippen LogP contribution in [0.3, 0.4) is 0 Å². The Balaban J connectivity index is 2.41. The quantitative estimate of drug-likeness (QED) is 0.551. The highest BCUT2D eigenvalue weighted by atomic mass is 79.9. The lowest BCUT2D eigenvalue weighted by molar-refractivity contribution is 0.416. The Kier molecular flexibility index (Phi) is 3.64. The second-order valence-corrected chi connectivity index (χ2v) is 5.46. The van der Waals surface area contributed by atoms with Crippen LogP contribution in [0.2, 0.25) is 0 Å². The summed E-state index contributed by atoms with van der Waals surface area (Å²) in [6.07, 6.45) is 0. The highest BCUT2D eigenvalue weighted by molar-refractivity contribution is 9.10. The van der Waals surface area contributed by atoms with Crippen LogP contribution < -0.4 is 4.74 Å². The van der Waals surface area contributed by atoms with Crippen molar-refractivity contribution < 1.29 is 13.5 Å². The van der Waals surface area contributed by atoms with Crippen molar-refractivity contribution in [3.63, 3.8) is 0 Å². The lowest BCUT2D eigenvalue weighted by Crippen LogP contribution is -1.94. The molecule has 0 radical (unpaired) electrons. The van der Waals surface area contributed by atoms with Crippen molar-refractivity contribution in [2.24, 2.45) is 0 Å². The molecule has 0 saturated carbocycles. The van der Waals surface area contributed by atoms with E-state index in [0.717, 1.165) is 16.8 Å². The van der Waals surface area contributed by atoms with Crippen LogP contribution in [0.1, 0.15) is 0 Å². The van der Waals surface area contributed by atoms with E-state index in [1.807, 2.05) is 30.3 Å². The summed E-state index contributed by atoms with van der Waals surface area (Å²) in [6, 6.07) is 13.6. The van der Waals surface area contributed by atoms with Gasteiger partial charge in [0.2, 0.25) is 0 Å². The maximum atomic E-state index is 14.2. The second kappa shape index (κ2) is 5.45. The Hall–Kier alpha value is -1.94. The molecule has 3 aromatic rings. The summed E-state index contributed by atoms with van der Waals surface area (Å²) in [5.74, 6) is -0.702. The normalized spacial score (nSPS) is 10.9. The van der Waals surface area contributed by atoms with Gasteiger partial charge in [0.1, 0.15) is 17.4 Å². The number of halogens is 3. The van der Waals surface area contributed by atoms with Gasteiger partial charge in [-0.3, -0.25) is 0 Å². The Bertz CT molecular complexity index is 830. The lowest BCUT2D eigenvalue weighted by Gasteiger charge is -2.13. The van der Waals surface area contributed by atoms with Gasteiger partial charge in [0.15, 0.2) is 0 Å². The van der Waals surface area contributed by atoms with Gasteiger partial charge >= 0.3 is 0 Å². The van der Waals surface area contributed by atoms with Crippen molar-refractivity contribution in [2.45, 2.75) is 0 Å². The molecule has 3 rings (SSSR count). The van der Waals surface area contributed by atoms with E-state index in [2.05, 4.69) is 15.9 Å². The molecule has 0 aromatic heterocycles. The van der Waals surface area contributed by atoms with Crippen LogP contribution in [0.4, 0.5) is 8.78 Å². The van der Waals surface area contributed by atoms with Crippen LogP contribution in [0.15, 0.2) is 53.0 Å². The zero-order valence-corrected chi connectivity index (χ0v) is 12.7. The van der Waals surface area contributed by atoms with Gasteiger partial charge in [-0.15, -0.1) is 0 Å². The Morgan fingerprint density at radius 1 is 0.952 bits per heavy atom. The van der Waals surface area contributed by atoms with Crippen LogP contribution in [0.25, 0.3) is 21.9 Å². The van der Waals surface area contributed by atoms with Crippen LogP contribution in [-0.4, -0.2) is 7.11 Å². The monoisotopic (exact) mass is 348 g/mol. The standard InChI is InChI=1S/C17H11BrF2O/c1-21-16-7-6-10-4-2-3-5-11(10)17(16)12-8-13(18)15(20)9-14(12)19/h2-9H,1H3. The number of hydrogen-bond donors (Lipinski definition) is 0. The second-order valence-electron chi connectivity index (χ2n) is 4.61. The lowest BCUT2D eigenvalue weighted by atomic mass is 9.96. The Morgan fingerprint density at radius 3 is 2.48 bits per heavy atom. The molecular formula is C17H11BrF2O. The molecule has 0 unspecified atom stereocenters. The summed E-state index contributed by atoms with van der Waals surface area (Å²) >= 11 is 3.11. The van der Waals surface area contributed by atoms with Gasteiger partial charge in [-0.05, 0) is 38.8 Å². The van der Waals surface area contributed by atoms with Crippen molar-refractivity contribution >= 4 is 26.7 Å². The zero-order valence-electron chi connectivity index (χ0n) is 11.2. The molecule has 0 amide bonds. The number of rotatable bonds is 2. The van der Waals surface area contributed by atoms with E-state index in [0.29, 0.717) is 16.9 Å². The van der Waals surface area contributed by atoms with Crippen molar-refractivity contribution in [3.8, 4) is 16.9 Å². The largest absolute Gasteiger partial charge is 0.496 e. The van der Waals surface area contributed by atoms with Gasteiger partial charge < -0.3 is 4.74 Å². The van der Waals surface area contributed by atoms with Crippen LogP contribution in [-0.2, 0) is 0 Å². The van der Waals surface area contributed by atoms with E-state index in [1.165, 1.54) is 13.2 Å². The molecule has 0 heterocycles. The molecule has 0 fully saturated rings. The molecule has 106 valence electrons. The average molecular weight is 349 g/mol. The predicted molar refractivity (Wildman–Crippen MR) is 83.6 cm³/mol. The third-order valence-electron chi connectivity index (χ3n) is 3.39. The van der Waals surface area contributed by atoms with Crippen LogP contribution >= 0.6 is 15.9 Å². The molecule has 21 heavy (non-hydrogen) atoms. The Morgan fingerprint density at radius 2 is 1.71 bits per heavy atom. The summed E-state index contributed by atoms with van der Waals surface area (Å²) in [5.41, 5.74) is 0.922. The summed E-state index contributed by atoms with van der Waals surface area (Å²) in [6.45, 7) is 0. The fourth-order valence-electron chi connectivity index (χ4n) is 2.41. The number of fused-ring (bicyclic) bond motifs is 1. The third-order valence-corrected chi connectivity index (χ3v) is 4.00. The van der Waals surface area contributed by atoms with Gasteiger partial charge in [-0.1, -0.05) is 30.3 Å². The molecule has 0 N–H and O–H groups in total. The SMILES string of the molecule is COc1ccc2ccccc2c1-c1cc(Br)c(F)cc1F. The van der Waals surface area contributed by atoms with Crippen molar-refractivity contribution in [3.05, 3.63) is 64.6 Å². The van der Waals surface area contributed by atoms with Crippen LogP contribution in [0, 0.1) is 11.6 Å². The van der Waals surface area contributed by atoms with Gasteiger partial charge in [-0.25, -0.2) is 8.78 Å². The molecular weight excluding hydrogens is 338 g/mol. The summed E-state index contributed by atoms with van der Waals surface area (Å²) in [7, 11) is 1.53. The van der Waals surface area contributed by atoms with Gasteiger partial charge in [0.25, 0.3) is 0 Å².